The highest BCUT2D eigenvalue weighted by atomic mass is 79.9. The van der Waals surface area contributed by atoms with Crippen molar-refractivity contribution in [1.82, 2.24) is 25.5 Å². The highest BCUT2D eigenvalue weighted by Crippen LogP contribution is 2.29. The number of carbonyl (C=O) groups excluding carboxylic acids is 1. The van der Waals surface area contributed by atoms with Gasteiger partial charge in [-0.2, -0.15) is 5.21 Å². The van der Waals surface area contributed by atoms with Gasteiger partial charge in [-0.3, -0.25) is 4.90 Å². The van der Waals surface area contributed by atoms with Gasteiger partial charge in [0.2, 0.25) is 0 Å². The Morgan fingerprint density at radius 1 is 0.974 bits per heavy atom. The second kappa shape index (κ2) is 12.1. The largest absolute Gasteiger partial charge is 0.388 e. The summed E-state index contributed by atoms with van der Waals surface area (Å²) < 4.78 is 0.999. The summed E-state index contributed by atoms with van der Waals surface area (Å²) in [6, 6.07) is 23.6. The van der Waals surface area contributed by atoms with Crippen molar-refractivity contribution in [3.63, 3.8) is 0 Å². The van der Waals surface area contributed by atoms with Gasteiger partial charge in [0.1, 0.15) is 0 Å². The zero-order valence-corrected chi connectivity index (χ0v) is 24.6. The van der Waals surface area contributed by atoms with Gasteiger partial charge in [-0.15, -0.1) is 10.2 Å². The molecule has 3 aromatic carbocycles. The molecule has 0 aliphatic rings. The Kier molecular flexibility index (Phi) is 8.82. The average Bonchev–Trinajstić information content (AvgIpc) is 3.44. The van der Waals surface area contributed by atoms with E-state index in [1.54, 1.807) is 9.80 Å². The number of amides is 2. The fourth-order valence-corrected chi connectivity index (χ4v) is 4.58. The van der Waals surface area contributed by atoms with Crippen LogP contribution < -0.4 is 4.90 Å². The Balaban J connectivity index is 1.58. The van der Waals surface area contributed by atoms with E-state index in [0.29, 0.717) is 12.4 Å². The molecule has 2 amide bonds. The highest BCUT2D eigenvalue weighted by Gasteiger charge is 2.25. The van der Waals surface area contributed by atoms with Gasteiger partial charge in [0.05, 0.1) is 18.7 Å². The SMILES string of the molecule is CC(c1ccc(Br)cc1)N(C)C(=O)N(Cc1ccc(C(O)Cc2nn[nH]n2)cc1)c1ccc(C(C)(C)C)cc1. The predicted molar refractivity (Wildman–Crippen MR) is 156 cm³/mol. The summed E-state index contributed by atoms with van der Waals surface area (Å²) in [6.45, 7) is 8.93. The van der Waals surface area contributed by atoms with Gasteiger partial charge in [-0.05, 0) is 58.9 Å². The molecule has 0 saturated heterocycles. The van der Waals surface area contributed by atoms with Crippen LogP contribution in [0.15, 0.2) is 77.3 Å². The molecule has 0 aliphatic carbocycles. The molecule has 0 radical (unpaired) electrons. The van der Waals surface area contributed by atoms with Gasteiger partial charge < -0.3 is 10.0 Å². The lowest BCUT2D eigenvalue weighted by Gasteiger charge is -2.33. The number of benzene rings is 3. The maximum Gasteiger partial charge on any atom is 0.325 e. The lowest BCUT2D eigenvalue weighted by atomic mass is 9.87. The van der Waals surface area contributed by atoms with Crippen LogP contribution in [0.2, 0.25) is 0 Å². The maximum absolute atomic E-state index is 13.9. The highest BCUT2D eigenvalue weighted by molar-refractivity contribution is 9.10. The molecule has 2 unspecified atom stereocenters. The van der Waals surface area contributed by atoms with Crippen LogP contribution in [0.4, 0.5) is 10.5 Å². The summed E-state index contributed by atoms with van der Waals surface area (Å²) >= 11 is 3.48. The summed E-state index contributed by atoms with van der Waals surface area (Å²) in [5.74, 6) is 0.449. The van der Waals surface area contributed by atoms with Gasteiger partial charge in [-0.25, -0.2) is 4.79 Å². The fourth-order valence-electron chi connectivity index (χ4n) is 4.32. The molecule has 1 aromatic heterocycles. The van der Waals surface area contributed by atoms with Gasteiger partial charge >= 0.3 is 6.03 Å². The van der Waals surface area contributed by atoms with E-state index < -0.39 is 6.10 Å². The van der Waals surface area contributed by atoms with Crippen LogP contribution in [0.3, 0.4) is 0 Å². The first-order valence-corrected chi connectivity index (χ1v) is 13.7. The lowest BCUT2D eigenvalue weighted by Crippen LogP contribution is -2.42. The lowest BCUT2D eigenvalue weighted by molar-refractivity contribution is 0.176. The van der Waals surface area contributed by atoms with E-state index in [9.17, 15) is 9.90 Å². The Morgan fingerprint density at radius 3 is 2.15 bits per heavy atom. The van der Waals surface area contributed by atoms with E-state index in [4.69, 9.17) is 0 Å². The van der Waals surface area contributed by atoms with Crippen molar-refractivity contribution in [2.75, 3.05) is 11.9 Å². The molecule has 0 aliphatic heterocycles. The van der Waals surface area contributed by atoms with Gasteiger partial charge in [0.15, 0.2) is 5.82 Å². The first-order valence-electron chi connectivity index (χ1n) is 12.9. The third-order valence-electron chi connectivity index (χ3n) is 6.98. The van der Waals surface area contributed by atoms with Crippen LogP contribution in [0.1, 0.15) is 67.9 Å². The summed E-state index contributed by atoms with van der Waals surface area (Å²) in [5, 5.41) is 24.3. The number of halogens is 1. The van der Waals surface area contributed by atoms with Crippen molar-refractivity contribution in [1.29, 1.82) is 0 Å². The first-order chi connectivity index (χ1) is 18.5. The van der Waals surface area contributed by atoms with E-state index in [0.717, 1.165) is 26.9 Å². The van der Waals surface area contributed by atoms with Gasteiger partial charge in [0.25, 0.3) is 0 Å². The number of aliphatic hydroxyl groups excluding tert-OH is 1. The number of carbonyl (C=O) groups is 1. The third-order valence-corrected chi connectivity index (χ3v) is 7.51. The number of hydrogen-bond donors (Lipinski definition) is 2. The van der Waals surface area contributed by atoms with Gasteiger partial charge in [0, 0.05) is 23.6 Å². The number of rotatable bonds is 8. The summed E-state index contributed by atoms with van der Waals surface area (Å²) in [5.41, 5.74) is 4.79. The zero-order chi connectivity index (χ0) is 28.2. The molecule has 0 bridgehead atoms. The number of aromatic nitrogens is 4. The minimum Gasteiger partial charge on any atom is -0.388 e. The van der Waals surface area contributed by atoms with Crippen molar-refractivity contribution in [2.45, 2.75) is 58.2 Å². The number of hydrogen-bond acceptors (Lipinski definition) is 5. The molecule has 2 atom stereocenters. The molecule has 204 valence electrons. The number of anilines is 1. The van der Waals surface area contributed by atoms with Crippen molar-refractivity contribution in [3.05, 3.63) is 105 Å². The molecule has 9 heteroatoms. The van der Waals surface area contributed by atoms with Crippen LogP contribution >= 0.6 is 15.9 Å². The van der Waals surface area contributed by atoms with Crippen LogP contribution in [0.5, 0.6) is 0 Å². The average molecular weight is 592 g/mol. The molecule has 1 heterocycles. The van der Waals surface area contributed by atoms with E-state index in [2.05, 4.69) is 69.5 Å². The number of tetrazole rings is 1. The summed E-state index contributed by atoms with van der Waals surface area (Å²) in [7, 11) is 1.84. The maximum atomic E-state index is 13.9. The monoisotopic (exact) mass is 590 g/mol. The topological polar surface area (TPSA) is 98.2 Å². The van der Waals surface area contributed by atoms with Crippen LogP contribution in [-0.2, 0) is 18.4 Å². The Labute approximate surface area is 238 Å². The molecule has 4 rings (SSSR count). The Bertz CT molecular complexity index is 1350. The minimum atomic E-state index is -0.753. The van der Waals surface area contributed by atoms with E-state index in [1.165, 1.54) is 5.56 Å². The minimum absolute atomic E-state index is 0.0123. The molecule has 0 saturated carbocycles. The number of urea groups is 1. The quantitative estimate of drug-likeness (QED) is 0.249. The molecular weight excluding hydrogens is 556 g/mol. The number of nitrogens with one attached hydrogen (secondary N) is 1. The Hall–Kier alpha value is -3.56. The second-order valence-electron chi connectivity index (χ2n) is 10.8. The van der Waals surface area contributed by atoms with E-state index >= 15 is 0 Å². The molecule has 4 aromatic rings. The van der Waals surface area contributed by atoms with Crippen molar-refractivity contribution >= 4 is 27.6 Å². The van der Waals surface area contributed by atoms with Crippen molar-refractivity contribution in [3.8, 4) is 0 Å². The number of H-pyrrole nitrogens is 1. The normalized spacial score (nSPS) is 13.1. The number of aromatic amines is 1. The fraction of sp³-hybridized carbons (Fsp3) is 0.333. The second-order valence-corrected chi connectivity index (χ2v) is 11.7. The van der Waals surface area contributed by atoms with Crippen LogP contribution in [0.25, 0.3) is 0 Å². The molecule has 0 fully saturated rings. The molecule has 8 nitrogen and oxygen atoms in total. The van der Waals surface area contributed by atoms with Gasteiger partial charge in [-0.1, -0.05) is 90.4 Å². The molecular formula is C30H35BrN6O2. The summed E-state index contributed by atoms with van der Waals surface area (Å²) in [6.07, 6.45) is -0.489. The summed E-state index contributed by atoms with van der Waals surface area (Å²) in [4.78, 5) is 17.5. The molecule has 39 heavy (non-hydrogen) atoms. The predicted octanol–water partition coefficient (Wildman–Crippen LogP) is 6.36. The number of aliphatic hydroxyl groups is 1. The van der Waals surface area contributed by atoms with Crippen LogP contribution in [0, 0.1) is 0 Å². The number of nitrogens with zero attached hydrogens (tertiary/aromatic N) is 5. The smallest absolute Gasteiger partial charge is 0.325 e. The zero-order valence-electron chi connectivity index (χ0n) is 23.0. The standard InChI is InChI=1S/C30H35BrN6O2/c1-20(22-10-14-25(31)15-11-22)36(5)29(39)37(26-16-12-24(13-17-26)30(2,3)4)19-21-6-8-23(9-7-21)27(38)18-28-32-34-35-33-28/h6-17,20,27,38H,18-19H2,1-5H3,(H,32,33,34,35). The van der Waals surface area contributed by atoms with Crippen molar-refractivity contribution in [2.24, 2.45) is 0 Å². The Morgan fingerprint density at radius 2 is 1.59 bits per heavy atom. The van der Waals surface area contributed by atoms with Crippen LogP contribution in [-0.4, -0.2) is 43.7 Å². The first kappa shape index (κ1) is 28.4. The van der Waals surface area contributed by atoms with Crippen molar-refractivity contribution < 1.29 is 9.90 Å². The molecule has 2 N–H and O–H groups in total. The third kappa shape index (κ3) is 7.10. The molecule has 0 spiro atoms. The van der Waals surface area contributed by atoms with E-state index in [1.807, 2.05) is 74.6 Å². The van der Waals surface area contributed by atoms with E-state index in [-0.39, 0.29) is 23.9 Å².